The molecule has 1 fully saturated rings. The first-order chi connectivity index (χ1) is 8.25. The molecule has 0 radical (unpaired) electrons. The van der Waals surface area contributed by atoms with Crippen LogP contribution < -0.4 is 10.6 Å². The Kier molecular flexibility index (Phi) is 4.20. The van der Waals surface area contributed by atoms with Crippen LogP contribution in [0.2, 0.25) is 0 Å². The van der Waals surface area contributed by atoms with Crippen molar-refractivity contribution >= 4 is 5.91 Å². The van der Waals surface area contributed by atoms with E-state index >= 15 is 0 Å². The summed E-state index contributed by atoms with van der Waals surface area (Å²) in [6.07, 6.45) is 3.96. The fourth-order valence-electron chi connectivity index (χ4n) is 2.24. The highest BCUT2D eigenvalue weighted by Gasteiger charge is 2.22. The second kappa shape index (κ2) is 5.87. The van der Waals surface area contributed by atoms with Gasteiger partial charge in [0.05, 0.1) is 6.26 Å². The van der Waals surface area contributed by atoms with Gasteiger partial charge in [-0.15, -0.1) is 0 Å². The molecule has 0 saturated carbocycles. The summed E-state index contributed by atoms with van der Waals surface area (Å²) in [6, 6.07) is 4.01. The third-order valence-electron chi connectivity index (χ3n) is 3.37. The standard InChI is InChI=1S/C13H20N2O2/c1-10(11-6-7-14-9-11)15-13(16)5-4-12-3-2-8-17-12/h2-3,8,10-11,14H,4-7,9H2,1H3,(H,15,16). The predicted octanol–water partition coefficient (Wildman–Crippen LogP) is 1.33. The molecule has 2 heterocycles. The maximum absolute atomic E-state index is 11.7. The molecule has 0 spiro atoms. The number of nitrogens with one attached hydrogen (secondary N) is 2. The van der Waals surface area contributed by atoms with E-state index in [1.165, 1.54) is 0 Å². The van der Waals surface area contributed by atoms with Crippen LogP contribution in [0.5, 0.6) is 0 Å². The number of rotatable bonds is 5. The second-order valence-corrected chi connectivity index (χ2v) is 4.69. The molecule has 2 unspecified atom stereocenters. The Morgan fingerprint density at radius 3 is 3.24 bits per heavy atom. The third-order valence-corrected chi connectivity index (χ3v) is 3.37. The molecular weight excluding hydrogens is 216 g/mol. The number of hydrogen-bond donors (Lipinski definition) is 2. The number of amides is 1. The molecule has 1 aromatic heterocycles. The molecule has 1 amide bonds. The average molecular weight is 236 g/mol. The van der Waals surface area contributed by atoms with Crippen LogP contribution >= 0.6 is 0 Å². The summed E-state index contributed by atoms with van der Waals surface area (Å²) in [5, 5.41) is 6.38. The highest BCUT2D eigenvalue weighted by atomic mass is 16.3. The van der Waals surface area contributed by atoms with Gasteiger partial charge in [-0.05, 0) is 44.5 Å². The van der Waals surface area contributed by atoms with Crippen molar-refractivity contribution in [2.45, 2.75) is 32.2 Å². The summed E-state index contributed by atoms with van der Waals surface area (Å²) >= 11 is 0. The summed E-state index contributed by atoms with van der Waals surface area (Å²) in [6.45, 7) is 4.17. The molecule has 2 rings (SSSR count). The topological polar surface area (TPSA) is 54.3 Å². The first-order valence-corrected chi connectivity index (χ1v) is 6.28. The van der Waals surface area contributed by atoms with E-state index in [1.54, 1.807) is 6.26 Å². The van der Waals surface area contributed by atoms with Crippen molar-refractivity contribution in [1.82, 2.24) is 10.6 Å². The minimum atomic E-state index is 0.112. The van der Waals surface area contributed by atoms with Gasteiger partial charge >= 0.3 is 0 Å². The molecule has 1 aromatic rings. The number of aryl methyl sites for hydroxylation is 1. The first kappa shape index (κ1) is 12.2. The molecule has 17 heavy (non-hydrogen) atoms. The lowest BCUT2D eigenvalue weighted by molar-refractivity contribution is -0.122. The normalized spacial score (nSPS) is 21.4. The van der Waals surface area contributed by atoms with E-state index < -0.39 is 0 Å². The fraction of sp³-hybridized carbons (Fsp3) is 0.615. The number of furan rings is 1. The zero-order chi connectivity index (χ0) is 12.1. The van der Waals surface area contributed by atoms with Crippen LogP contribution in [0, 0.1) is 5.92 Å². The molecule has 1 aliphatic rings. The van der Waals surface area contributed by atoms with Gasteiger partial charge < -0.3 is 15.1 Å². The first-order valence-electron chi connectivity index (χ1n) is 6.28. The summed E-state index contributed by atoms with van der Waals surface area (Å²) in [7, 11) is 0. The van der Waals surface area contributed by atoms with Crippen molar-refractivity contribution in [2.75, 3.05) is 13.1 Å². The van der Waals surface area contributed by atoms with E-state index in [4.69, 9.17) is 4.42 Å². The van der Waals surface area contributed by atoms with Gasteiger partial charge in [-0.2, -0.15) is 0 Å². The van der Waals surface area contributed by atoms with Crippen LogP contribution in [0.15, 0.2) is 22.8 Å². The van der Waals surface area contributed by atoms with E-state index in [2.05, 4.69) is 17.6 Å². The minimum absolute atomic E-state index is 0.112. The molecule has 0 aromatic carbocycles. The molecule has 2 atom stereocenters. The van der Waals surface area contributed by atoms with E-state index in [1.807, 2.05) is 12.1 Å². The van der Waals surface area contributed by atoms with Crippen LogP contribution in [0.3, 0.4) is 0 Å². The van der Waals surface area contributed by atoms with Crippen molar-refractivity contribution in [1.29, 1.82) is 0 Å². The maximum Gasteiger partial charge on any atom is 0.220 e. The smallest absolute Gasteiger partial charge is 0.220 e. The lowest BCUT2D eigenvalue weighted by Crippen LogP contribution is -2.39. The Morgan fingerprint density at radius 2 is 2.59 bits per heavy atom. The van der Waals surface area contributed by atoms with Crippen molar-refractivity contribution < 1.29 is 9.21 Å². The van der Waals surface area contributed by atoms with Gasteiger partial charge in [0.15, 0.2) is 0 Å². The monoisotopic (exact) mass is 236 g/mol. The molecule has 4 heteroatoms. The summed E-state index contributed by atoms with van der Waals surface area (Å²) < 4.78 is 5.20. The molecule has 4 nitrogen and oxygen atoms in total. The lowest BCUT2D eigenvalue weighted by Gasteiger charge is -2.19. The zero-order valence-corrected chi connectivity index (χ0v) is 10.2. The number of carbonyl (C=O) groups is 1. The van der Waals surface area contributed by atoms with Crippen LogP contribution in [0.25, 0.3) is 0 Å². The van der Waals surface area contributed by atoms with Gasteiger partial charge in [-0.25, -0.2) is 0 Å². The maximum atomic E-state index is 11.7. The van der Waals surface area contributed by atoms with E-state index in [9.17, 15) is 4.79 Å². The van der Waals surface area contributed by atoms with Crippen LogP contribution in [0.4, 0.5) is 0 Å². The fourth-order valence-corrected chi connectivity index (χ4v) is 2.24. The molecule has 94 valence electrons. The SMILES string of the molecule is CC(NC(=O)CCc1ccco1)C1CCNC1. The number of carbonyl (C=O) groups excluding carboxylic acids is 1. The third kappa shape index (κ3) is 3.60. The molecule has 1 aliphatic heterocycles. The molecule has 2 N–H and O–H groups in total. The van der Waals surface area contributed by atoms with E-state index in [0.29, 0.717) is 18.8 Å². The molecule has 1 saturated heterocycles. The van der Waals surface area contributed by atoms with Crippen LogP contribution in [-0.4, -0.2) is 25.0 Å². The van der Waals surface area contributed by atoms with Gasteiger partial charge in [0.25, 0.3) is 0 Å². The molecule has 0 aliphatic carbocycles. The van der Waals surface area contributed by atoms with Gasteiger partial charge in [0, 0.05) is 18.9 Å². The lowest BCUT2D eigenvalue weighted by atomic mass is 10.0. The predicted molar refractivity (Wildman–Crippen MR) is 65.6 cm³/mol. The quantitative estimate of drug-likeness (QED) is 0.811. The van der Waals surface area contributed by atoms with Crippen molar-refractivity contribution in [2.24, 2.45) is 5.92 Å². The summed E-state index contributed by atoms with van der Waals surface area (Å²) in [4.78, 5) is 11.7. The van der Waals surface area contributed by atoms with Gasteiger partial charge in [0.2, 0.25) is 5.91 Å². The highest BCUT2D eigenvalue weighted by Crippen LogP contribution is 2.12. The van der Waals surface area contributed by atoms with E-state index in [-0.39, 0.29) is 11.9 Å². The Hall–Kier alpha value is -1.29. The van der Waals surface area contributed by atoms with Crippen LogP contribution in [-0.2, 0) is 11.2 Å². The van der Waals surface area contributed by atoms with Crippen molar-refractivity contribution in [3.63, 3.8) is 0 Å². The van der Waals surface area contributed by atoms with Gasteiger partial charge in [0.1, 0.15) is 5.76 Å². The Morgan fingerprint density at radius 1 is 1.71 bits per heavy atom. The Balaban J connectivity index is 1.69. The molecule has 0 bridgehead atoms. The summed E-state index contributed by atoms with van der Waals surface area (Å²) in [5.74, 6) is 1.55. The largest absolute Gasteiger partial charge is 0.469 e. The van der Waals surface area contributed by atoms with Crippen molar-refractivity contribution in [3.8, 4) is 0 Å². The van der Waals surface area contributed by atoms with Crippen LogP contribution in [0.1, 0.15) is 25.5 Å². The van der Waals surface area contributed by atoms with Gasteiger partial charge in [-0.1, -0.05) is 0 Å². The Bertz CT molecular complexity index is 342. The number of hydrogen-bond acceptors (Lipinski definition) is 3. The Labute approximate surface area is 102 Å². The minimum Gasteiger partial charge on any atom is -0.469 e. The van der Waals surface area contributed by atoms with E-state index in [0.717, 1.165) is 25.3 Å². The average Bonchev–Trinajstić information content (AvgIpc) is 2.99. The highest BCUT2D eigenvalue weighted by molar-refractivity contribution is 5.76. The molecular formula is C13H20N2O2. The zero-order valence-electron chi connectivity index (χ0n) is 10.2. The van der Waals surface area contributed by atoms with Crippen molar-refractivity contribution in [3.05, 3.63) is 24.2 Å². The van der Waals surface area contributed by atoms with Gasteiger partial charge in [-0.3, -0.25) is 4.79 Å². The second-order valence-electron chi connectivity index (χ2n) is 4.69. The summed E-state index contributed by atoms with van der Waals surface area (Å²) in [5.41, 5.74) is 0.